The zero-order chi connectivity index (χ0) is 21.1. The second-order valence-corrected chi connectivity index (χ2v) is 8.27. The summed E-state index contributed by atoms with van der Waals surface area (Å²) in [5.74, 6) is 1.84. The number of piperidine rings is 2. The number of nitrogens with zero attached hydrogens (tertiary/aromatic N) is 4. The fraction of sp³-hybridized carbons (Fsp3) is 0.609. The number of carbonyl (C=O) groups is 1. The number of rotatable bonds is 5. The van der Waals surface area contributed by atoms with Gasteiger partial charge in [0.05, 0.1) is 29.8 Å². The molecular formula is C23H32N4O3. The monoisotopic (exact) mass is 412 g/mol. The molecule has 1 aromatic carbocycles. The van der Waals surface area contributed by atoms with Crippen LogP contribution in [0.3, 0.4) is 0 Å². The van der Waals surface area contributed by atoms with Gasteiger partial charge in [-0.05, 0) is 57.7 Å². The van der Waals surface area contributed by atoms with Crippen molar-refractivity contribution in [3.63, 3.8) is 0 Å². The number of amides is 1. The van der Waals surface area contributed by atoms with Gasteiger partial charge in [0.15, 0.2) is 0 Å². The Balaban J connectivity index is 1.48. The molecule has 30 heavy (non-hydrogen) atoms. The lowest BCUT2D eigenvalue weighted by atomic mass is 9.95. The molecule has 1 atom stereocenters. The SMILES string of the molecule is CCOc1ccc2nc(N3CCCC(C(=O)N4CCC(OC)CC4)C3)nc(C)c2c1. The Kier molecular flexibility index (Phi) is 6.37. The summed E-state index contributed by atoms with van der Waals surface area (Å²) in [7, 11) is 1.75. The van der Waals surface area contributed by atoms with Crippen molar-refractivity contribution in [3.05, 3.63) is 23.9 Å². The molecule has 162 valence electrons. The highest BCUT2D eigenvalue weighted by Crippen LogP contribution is 2.27. The fourth-order valence-corrected chi connectivity index (χ4v) is 4.57. The van der Waals surface area contributed by atoms with E-state index < -0.39 is 0 Å². The third-order valence-electron chi connectivity index (χ3n) is 6.30. The van der Waals surface area contributed by atoms with E-state index in [9.17, 15) is 4.79 Å². The Morgan fingerprint density at radius 1 is 1.17 bits per heavy atom. The van der Waals surface area contributed by atoms with Crippen molar-refractivity contribution in [2.75, 3.05) is 44.8 Å². The average Bonchev–Trinajstić information content (AvgIpc) is 2.79. The van der Waals surface area contributed by atoms with Crippen LogP contribution in [-0.2, 0) is 9.53 Å². The summed E-state index contributed by atoms with van der Waals surface area (Å²) >= 11 is 0. The molecule has 0 spiro atoms. The molecule has 7 nitrogen and oxygen atoms in total. The first-order valence-corrected chi connectivity index (χ1v) is 11.1. The molecule has 1 aromatic heterocycles. The molecular weight excluding hydrogens is 380 g/mol. The van der Waals surface area contributed by atoms with Gasteiger partial charge >= 0.3 is 0 Å². The van der Waals surface area contributed by atoms with Crippen molar-refractivity contribution in [3.8, 4) is 5.75 Å². The first kappa shape index (κ1) is 20.8. The molecule has 0 radical (unpaired) electrons. The number of likely N-dealkylation sites (tertiary alicyclic amines) is 1. The zero-order valence-electron chi connectivity index (χ0n) is 18.3. The second kappa shape index (κ2) is 9.16. The number of fused-ring (bicyclic) bond motifs is 1. The van der Waals surface area contributed by atoms with Crippen LogP contribution in [0.4, 0.5) is 5.95 Å². The predicted molar refractivity (Wildman–Crippen MR) is 117 cm³/mol. The number of aromatic nitrogens is 2. The van der Waals surface area contributed by atoms with Crippen molar-refractivity contribution >= 4 is 22.8 Å². The fourth-order valence-electron chi connectivity index (χ4n) is 4.57. The van der Waals surface area contributed by atoms with Crippen LogP contribution in [0, 0.1) is 12.8 Å². The molecule has 2 aliphatic rings. The molecule has 4 rings (SSSR count). The van der Waals surface area contributed by atoms with Crippen molar-refractivity contribution in [1.82, 2.24) is 14.9 Å². The van der Waals surface area contributed by atoms with Crippen molar-refractivity contribution < 1.29 is 14.3 Å². The van der Waals surface area contributed by atoms with Gasteiger partial charge in [-0.2, -0.15) is 0 Å². The third-order valence-corrected chi connectivity index (χ3v) is 6.30. The number of hydrogen-bond donors (Lipinski definition) is 0. The Hall–Kier alpha value is -2.41. The van der Waals surface area contributed by atoms with Gasteiger partial charge in [-0.25, -0.2) is 9.97 Å². The van der Waals surface area contributed by atoms with Crippen LogP contribution in [0.5, 0.6) is 5.75 Å². The summed E-state index contributed by atoms with van der Waals surface area (Å²) in [5, 5.41) is 1.01. The predicted octanol–water partition coefficient (Wildman–Crippen LogP) is 3.19. The Morgan fingerprint density at radius 3 is 2.70 bits per heavy atom. The normalized spacial score (nSPS) is 20.6. The minimum absolute atomic E-state index is 0.0118. The number of benzene rings is 1. The summed E-state index contributed by atoms with van der Waals surface area (Å²) in [5.41, 5.74) is 1.85. The topological polar surface area (TPSA) is 67.8 Å². The van der Waals surface area contributed by atoms with E-state index in [0.29, 0.717) is 13.2 Å². The first-order valence-electron chi connectivity index (χ1n) is 11.1. The van der Waals surface area contributed by atoms with Crippen LogP contribution in [-0.4, -0.2) is 66.8 Å². The van der Waals surface area contributed by atoms with Crippen LogP contribution < -0.4 is 9.64 Å². The first-order chi connectivity index (χ1) is 14.6. The number of anilines is 1. The van der Waals surface area contributed by atoms with Crippen LogP contribution in [0.1, 0.15) is 38.3 Å². The van der Waals surface area contributed by atoms with Gasteiger partial charge in [-0.15, -0.1) is 0 Å². The van der Waals surface area contributed by atoms with E-state index in [0.717, 1.165) is 73.6 Å². The van der Waals surface area contributed by atoms with E-state index >= 15 is 0 Å². The van der Waals surface area contributed by atoms with Crippen molar-refractivity contribution in [1.29, 1.82) is 0 Å². The molecule has 2 aromatic rings. The van der Waals surface area contributed by atoms with E-state index in [2.05, 4.69) is 4.90 Å². The van der Waals surface area contributed by atoms with Crippen LogP contribution in [0.2, 0.25) is 0 Å². The Morgan fingerprint density at radius 2 is 1.97 bits per heavy atom. The minimum Gasteiger partial charge on any atom is -0.494 e. The number of hydrogen-bond acceptors (Lipinski definition) is 6. The number of aryl methyl sites for hydroxylation is 1. The average molecular weight is 413 g/mol. The van der Waals surface area contributed by atoms with E-state index in [4.69, 9.17) is 19.4 Å². The summed E-state index contributed by atoms with van der Waals surface area (Å²) in [6.45, 7) is 7.78. The van der Waals surface area contributed by atoms with Gasteiger partial charge in [-0.1, -0.05) is 0 Å². The summed E-state index contributed by atoms with van der Waals surface area (Å²) in [4.78, 5) is 26.9. The molecule has 2 aliphatic heterocycles. The lowest BCUT2D eigenvalue weighted by molar-refractivity contribution is -0.138. The minimum atomic E-state index is 0.0118. The number of ether oxygens (including phenoxy) is 2. The molecule has 3 heterocycles. The molecule has 7 heteroatoms. The van der Waals surface area contributed by atoms with E-state index in [1.54, 1.807) is 7.11 Å². The van der Waals surface area contributed by atoms with Crippen molar-refractivity contribution in [2.24, 2.45) is 5.92 Å². The standard InChI is InChI=1S/C23H32N4O3/c1-4-30-19-7-8-21-20(14-19)16(2)24-23(25-21)27-11-5-6-17(15-27)22(28)26-12-9-18(29-3)10-13-26/h7-8,14,17-18H,4-6,9-13,15H2,1-3H3. The highest BCUT2D eigenvalue weighted by molar-refractivity contribution is 5.83. The maximum absolute atomic E-state index is 13.1. The van der Waals surface area contributed by atoms with Gasteiger partial charge < -0.3 is 19.3 Å². The van der Waals surface area contributed by atoms with E-state index in [-0.39, 0.29) is 17.9 Å². The number of carbonyl (C=O) groups excluding carboxylic acids is 1. The largest absolute Gasteiger partial charge is 0.494 e. The highest BCUT2D eigenvalue weighted by Gasteiger charge is 2.32. The Labute approximate surface area is 178 Å². The van der Waals surface area contributed by atoms with E-state index in [1.807, 2.05) is 36.9 Å². The van der Waals surface area contributed by atoms with Crippen LogP contribution >= 0.6 is 0 Å². The number of methoxy groups -OCH3 is 1. The third kappa shape index (κ3) is 4.36. The summed E-state index contributed by atoms with van der Waals surface area (Å²) < 4.78 is 11.0. The molecule has 0 saturated carbocycles. The molecule has 0 aliphatic carbocycles. The zero-order valence-corrected chi connectivity index (χ0v) is 18.3. The lowest BCUT2D eigenvalue weighted by Crippen LogP contribution is -2.48. The quantitative estimate of drug-likeness (QED) is 0.751. The van der Waals surface area contributed by atoms with E-state index in [1.165, 1.54) is 0 Å². The second-order valence-electron chi connectivity index (χ2n) is 8.27. The van der Waals surface area contributed by atoms with Crippen molar-refractivity contribution in [2.45, 2.75) is 45.6 Å². The summed E-state index contributed by atoms with van der Waals surface area (Å²) in [6, 6.07) is 5.95. The molecule has 0 N–H and O–H groups in total. The maximum Gasteiger partial charge on any atom is 0.227 e. The van der Waals surface area contributed by atoms with Crippen LogP contribution in [0.15, 0.2) is 18.2 Å². The van der Waals surface area contributed by atoms with Crippen LogP contribution in [0.25, 0.3) is 10.9 Å². The lowest BCUT2D eigenvalue weighted by Gasteiger charge is -2.37. The Bertz CT molecular complexity index is 895. The van der Waals surface area contributed by atoms with Gasteiger partial charge in [0.25, 0.3) is 0 Å². The molecule has 2 saturated heterocycles. The smallest absolute Gasteiger partial charge is 0.227 e. The van der Waals surface area contributed by atoms with Gasteiger partial charge in [0.2, 0.25) is 11.9 Å². The molecule has 0 bridgehead atoms. The van der Waals surface area contributed by atoms with Gasteiger partial charge in [-0.3, -0.25) is 4.79 Å². The van der Waals surface area contributed by atoms with Gasteiger partial charge in [0, 0.05) is 38.7 Å². The molecule has 1 unspecified atom stereocenters. The molecule has 2 fully saturated rings. The molecule has 1 amide bonds. The van der Waals surface area contributed by atoms with Gasteiger partial charge in [0.1, 0.15) is 5.75 Å². The maximum atomic E-state index is 13.1. The summed E-state index contributed by atoms with van der Waals surface area (Å²) in [6.07, 6.45) is 4.05. The highest BCUT2D eigenvalue weighted by atomic mass is 16.5.